The first-order valence-electron chi connectivity index (χ1n) is 7.25. The average molecular weight is 263 g/mol. The number of hydrogen-bond donors (Lipinski definition) is 3. The first-order chi connectivity index (χ1) is 9.15. The highest BCUT2D eigenvalue weighted by Gasteiger charge is 2.30. The molecular formula is C16H25NO2. The lowest BCUT2D eigenvalue weighted by Gasteiger charge is -2.35. The van der Waals surface area contributed by atoms with Crippen LogP contribution in [0.3, 0.4) is 0 Å². The lowest BCUT2D eigenvalue weighted by Crippen LogP contribution is -2.38. The van der Waals surface area contributed by atoms with Gasteiger partial charge in [0.2, 0.25) is 0 Å². The minimum Gasteiger partial charge on any atom is -0.508 e. The van der Waals surface area contributed by atoms with Gasteiger partial charge in [-0.3, -0.25) is 0 Å². The van der Waals surface area contributed by atoms with Gasteiger partial charge in [0.15, 0.2) is 0 Å². The molecule has 0 amide bonds. The number of aliphatic hydroxyl groups is 1. The molecule has 0 aliphatic heterocycles. The van der Waals surface area contributed by atoms with E-state index in [9.17, 15) is 10.2 Å². The summed E-state index contributed by atoms with van der Waals surface area (Å²) in [6.07, 6.45) is 5.95. The van der Waals surface area contributed by atoms with Gasteiger partial charge in [0.1, 0.15) is 5.75 Å². The van der Waals surface area contributed by atoms with Gasteiger partial charge < -0.3 is 15.5 Å². The SMILES string of the molecule is Cc1ccc(O)c(CNCC2(CO)CCCCC2)c1. The van der Waals surface area contributed by atoms with E-state index < -0.39 is 0 Å². The van der Waals surface area contributed by atoms with Crippen LogP contribution < -0.4 is 5.32 Å². The zero-order chi connectivity index (χ0) is 13.7. The van der Waals surface area contributed by atoms with Gasteiger partial charge in [0, 0.05) is 30.7 Å². The zero-order valence-corrected chi connectivity index (χ0v) is 11.8. The van der Waals surface area contributed by atoms with Crippen LogP contribution in [0.25, 0.3) is 0 Å². The number of phenolic OH excluding ortho intramolecular Hbond substituents is 1. The van der Waals surface area contributed by atoms with E-state index in [2.05, 4.69) is 5.32 Å². The van der Waals surface area contributed by atoms with Crippen LogP contribution in [0.2, 0.25) is 0 Å². The van der Waals surface area contributed by atoms with E-state index >= 15 is 0 Å². The number of aryl methyl sites for hydroxylation is 1. The van der Waals surface area contributed by atoms with Crippen LogP contribution in [0.1, 0.15) is 43.2 Å². The molecule has 0 spiro atoms. The second-order valence-corrected chi connectivity index (χ2v) is 5.95. The summed E-state index contributed by atoms with van der Waals surface area (Å²) in [6, 6.07) is 5.67. The van der Waals surface area contributed by atoms with Crippen LogP contribution in [0.15, 0.2) is 18.2 Å². The topological polar surface area (TPSA) is 52.5 Å². The van der Waals surface area contributed by atoms with Crippen LogP contribution in [0.5, 0.6) is 5.75 Å². The molecule has 106 valence electrons. The average Bonchev–Trinajstić information content (AvgIpc) is 2.44. The van der Waals surface area contributed by atoms with E-state index in [1.54, 1.807) is 6.07 Å². The van der Waals surface area contributed by atoms with Crippen molar-refractivity contribution in [2.45, 2.75) is 45.6 Å². The molecular weight excluding hydrogens is 238 g/mol. The molecule has 1 aromatic rings. The van der Waals surface area contributed by atoms with Crippen LogP contribution in [-0.2, 0) is 6.54 Å². The van der Waals surface area contributed by atoms with E-state index in [4.69, 9.17) is 0 Å². The smallest absolute Gasteiger partial charge is 0.120 e. The van der Waals surface area contributed by atoms with Gasteiger partial charge >= 0.3 is 0 Å². The number of rotatable bonds is 5. The summed E-state index contributed by atoms with van der Waals surface area (Å²) in [5, 5.41) is 22.9. The number of nitrogens with one attached hydrogen (secondary N) is 1. The summed E-state index contributed by atoms with van der Waals surface area (Å²) in [6.45, 7) is 3.78. The standard InChI is InChI=1S/C16H25NO2/c1-13-5-6-15(19)14(9-13)10-17-11-16(12-18)7-3-2-4-8-16/h5-6,9,17-19H,2-4,7-8,10-12H2,1H3. The number of phenols is 1. The highest BCUT2D eigenvalue weighted by molar-refractivity contribution is 5.35. The molecule has 0 aromatic heterocycles. The summed E-state index contributed by atoms with van der Waals surface area (Å²) in [7, 11) is 0. The maximum absolute atomic E-state index is 9.80. The monoisotopic (exact) mass is 263 g/mol. The van der Waals surface area contributed by atoms with Crippen molar-refractivity contribution in [1.29, 1.82) is 0 Å². The van der Waals surface area contributed by atoms with Gasteiger partial charge in [-0.25, -0.2) is 0 Å². The third kappa shape index (κ3) is 3.71. The highest BCUT2D eigenvalue weighted by atomic mass is 16.3. The Balaban J connectivity index is 1.90. The van der Waals surface area contributed by atoms with Gasteiger partial charge in [-0.15, -0.1) is 0 Å². The minimum atomic E-state index is 0.0533. The minimum absolute atomic E-state index is 0.0533. The van der Waals surface area contributed by atoms with E-state index in [1.165, 1.54) is 19.3 Å². The van der Waals surface area contributed by atoms with E-state index in [0.717, 1.165) is 30.5 Å². The predicted molar refractivity (Wildman–Crippen MR) is 77.2 cm³/mol. The Morgan fingerprint density at radius 3 is 2.63 bits per heavy atom. The zero-order valence-electron chi connectivity index (χ0n) is 11.8. The van der Waals surface area contributed by atoms with Crippen molar-refractivity contribution < 1.29 is 10.2 Å². The first kappa shape index (κ1) is 14.4. The largest absolute Gasteiger partial charge is 0.508 e. The Hall–Kier alpha value is -1.06. The van der Waals surface area contributed by atoms with Gasteiger partial charge in [0.05, 0.1) is 0 Å². The third-order valence-electron chi connectivity index (χ3n) is 4.30. The molecule has 3 N–H and O–H groups in total. The fourth-order valence-electron chi connectivity index (χ4n) is 3.01. The van der Waals surface area contributed by atoms with E-state index in [-0.39, 0.29) is 12.0 Å². The van der Waals surface area contributed by atoms with Crippen molar-refractivity contribution in [3.63, 3.8) is 0 Å². The molecule has 1 saturated carbocycles. The second kappa shape index (κ2) is 6.40. The van der Waals surface area contributed by atoms with Crippen LogP contribution in [-0.4, -0.2) is 23.4 Å². The Morgan fingerprint density at radius 2 is 1.95 bits per heavy atom. The van der Waals surface area contributed by atoms with Crippen molar-refractivity contribution in [2.75, 3.05) is 13.2 Å². The maximum Gasteiger partial charge on any atom is 0.120 e. The van der Waals surface area contributed by atoms with Gasteiger partial charge in [-0.05, 0) is 25.8 Å². The number of aromatic hydroxyl groups is 1. The Morgan fingerprint density at radius 1 is 1.21 bits per heavy atom. The van der Waals surface area contributed by atoms with Crippen molar-refractivity contribution in [3.8, 4) is 5.75 Å². The van der Waals surface area contributed by atoms with Crippen molar-refractivity contribution in [1.82, 2.24) is 5.32 Å². The molecule has 0 atom stereocenters. The van der Waals surface area contributed by atoms with Gasteiger partial charge in [-0.1, -0.05) is 37.0 Å². The molecule has 0 bridgehead atoms. The number of hydrogen-bond acceptors (Lipinski definition) is 3. The molecule has 3 nitrogen and oxygen atoms in total. The fraction of sp³-hybridized carbons (Fsp3) is 0.625. The van der Waals surface area contributed by atoms with Gasteiger partial charge in [0.25, 0.3) is 0 Å². The Bertz CT molecular complexity index is 411. The summed E-state index contributed by atoms with van der Waals surface area (Å²) in [5.74, 6) is 0.347. The molecule has 0 heterocycles. The first-order valence-corrected chi connectivity index (χ1v) is 7.25. The molecule has 0 unspecified atom stereocenters. The second-order valence-electron chi connectivity index (χ2n) is 5.95. The van der Waals surface area contributed by atoms with Crippen molar-refractivity contribution in [3.05, 3.63) is 29.3 Å². The quantitative estimate of drug-likeness (QED) is 0.765. The van der Waals surface area contributed by atoms with E-state index in [1.807, 2.05) is 19.1 Å². The number of benzene rings is 1. The summed E-state index contributed by atoms with van der Waals surface area (Å²) >= 11 is 0. The maximum atomic E-state index is 9.80. The Labute approximate surface area is 115 Å². The summed E-state index contributed by atoms with van der Waals surface area (Å²) < 4.78 is 0. The molecule has 1 aromatic carbocycles. The molecule has 1 aliphatic rings. The summed E-state index contributed by atoms with van der Waals surface area (Å²) in [5.41, 5.74) is 2.14. The molecule has 3 heteroatoms. The summed E-state index contributed by atoms with van der Waals surface area (Å²) in [4.78, 5) is 0. The van der Waals surface area contributed by atoms with Crippen LogP contribution in [0, 0.1) is 12.3 Å². The molecule has 2 rings (SSSR count). The predicted octanol–water partition coefficient (Wildman–Crippen LogP) is 2.73. The van der Waals surface area contributed by atoms with Crippen LogP contribution >= 0.6 is 0 Å². The molecule has 19 heavy (non-hydrogen) atoms. The fourth-order valence-corrected chi connectivity index (χ4v) is 3.01. The molecule has 1 fully saturated rings. The molecule has 0 saturated heterocycles. The normalized spacial score (nSPS) is 18.4. The Kier molecular flexibility index (Phi) is 4.83. The van der Waals surface area contributed by atoms with Crippen molar-refractivity contribution >= 4 is 0 Å². The highest BCUT2D eigenvalue weighted by Crippen LogP contribution is 2.35. The van der Waals surface area contributed by atoms with E-state index in [0.29, 0.717) is 12.3 Å². The van der Waals surface area contributed by atoms with Gasteiger partial charge in [-0.2, -0.15) is 0 Å². The lowest BCUT2D eigenvalue weighted by molar-refractivity contribution is 0.0810. The molecule has 0 radical (unpaired) electrons. The molecule has 1 aliphatic carbocycles. The third-order valence-corrected chi connectivity index (χ3v) is 4.30. The van der Waals surface area contributed by atoms with Crippen molar-refractivity contribution in [2.24, 2.45) is 5.41 Å². The number of aliphatic hydroxyl groups excluding tert-OH is 1. The lowest BCUT2D eigenvalue weighted by atomic mass is 9.74. The van der Waals surface area contributed by atoms with Crippen LogP contribution in [0.4, 0.5) is 0 Å².